The lowest BCUT2D eigenvalue weighted by molar-refractivity contribution is 0.102. The monoisotopic (exact) mass is 296 g/mol. The number of H-pyrrole nitrogens is 1. The van der Waals surface area contributed by atoms with Crippen LogP contribution in [0.3, 0.4) is 0 Å². The molecule has 0 aliphatic rings. The Bertz CT molecular complexity index is 814. The highest BCUT2D eigenvalue weighted by atomic mass is 32.3. The molecule has 1 amide bonds. The van der Waals surface area contributed by atoms with Crippen molar-refractivity contribution in [3.8, 4) is 0 Å². The summed E-state index contributed by atoms with van der Waals surface area (Å²) in [4.78, 5) is 24.6. The summed E-state index contributed by atoms with van der Waals surface area (Å²) in [6.45, 7) is 0. The van der Waals surface area contributed by atoms with Crippen LogP contribution in [0.5, 0.6) is 0 Å². The zero-order valence-corrected chi connectivity index (χ0v) is 10.8. The molecule has 0 aliphatic heterocycles. The number of carbonyl (C=O) groups excluding carboxylic acids is 1. The second-order valence-corrected chi connectivity index (χ2v) is 5.15. The van der Waals surface area contributed by atoms with Crippen LogP contribution in [0.4, 0.5) is 9.57 Å². The van der Waals surface area contributed by atoms with Crippen molar-refractivity contribution in [2.24, 2.45) is 0 Å². The average Bonchev–Trinajstić information content (AvgIpc) is 2.38. The number of pyridine rings is 1. The Morgan fingerprint density at radius 2 is 1.90 bits per heavy atom. The highest BCUT2D eigenvalue weighted by Crippen LogP contribution is 2.23. The van der Waals surface area contributed by atoms with Crippen molar-refractivity contribution in [3.05, 3.63) is 58.5 Å². The van der Waals surface area contributed by atoms with E-state index in [1.54, 1.807) is 0 Å². The quantitative estimate of drug-likeness (QED) is 0.834. The highest BCUT2D eigenvalue weighted by molar-refractivity contribution is 7.86. The van der Waals surface area contributed by atoms with Gasteiger partial charge in [0.15, 0.2) is 0 Å². The molecule has 6 nitrogen and oxygen atoms in total. The van der Waals surface area contributed by atoms with Crippen LogP contribution in [0.2, 0.25) is 0 Å². The summed E-state index contributed by atoms with van der Waals surface area (Å²) in [5, 5.41) is 2.25. The van der Waals surface area contributed by atoms with E-state index in [2.05, 4.69) is 10.3 Å². The fraction of sp³-hybridized carbons (Fsp3) is 0. The number of hydrogen-bond donors (Lipinski definition) is 2. The van der Waals surface area contributed by atoms with Crippen LogP contribution in [0.25, 0.3) is 0 Å². The SMILES string of the molecule is O=C(Nc1ccccc1S(=O)(=O)F)c1cc[nH]c(=O)c1. The molecule has 2 aromatic rings. The van der Waals surface area contributed by atoms with E-state index in [1.807, 2.05) is 0 Å². The predicted octanol–water partition coefficient (Wildman–Crippen LogP) is 1.29. The summed E-state index contributed by atoms with van der Waals surface area (Å²) in [6.07, 6.45) is 1.27. The molecule has 0 atom stereocenters. The molecule has 2 N–H and O–H groups in total. The van der Waals surface area contributed by atoms with Gasteiger partial charge < -0.3 is 10.3 Å². The van der Waals surface area contributed by atoms with E-state index in [0.29, 0.717) is 0 Å². The molecule has 2 rings (SSSR count). The number of aromatic amines is 1. The van der Waals surface area contributed by atoms with Gasteiger partial charge in [0.2, 0.25) is 5.56 Å². The maximum absolute atomic E-state index is 13.1. The van der Waals surface area contributed by atoms with Crippen LogP contribution in [0, 0.1) is 0 Å². The van der Waals surface area contributed by atoms with Gasteiger partial charge >= 0.3 is 10.2 Å². The van der Waals surface area contributed by atoms with Crippen LogP contribution in [0.15, 0.2) is 52.3 Å². The number of carbonyl (C=O) groups is 1. The molecule has 0 saturated carbocycles. The van der Waals surface area contributed by atoms with Crippen molar-refractivity contribution < 1.29 is 17.1 Å². The standard InChI is InChI=1S/C12H9FN2O4S/c13-20(18,19)10-4-2-1-3-9(10)15-12(17)8-5-6-14-11(16)7-8/h1-7H,(H,14,16)(H,15,17). The summed E-state index contributed by atoms with van der Waals surface area (Å²) < 4.78 is 35.0. The lowest BCUT2D eigenvalue weighted by atomic mass is 10.2. The van der Waals surface area contributed by atoms with Gasteiger partial charge in [-0.05, 0) is 18.2 Å². The van der Waals surface area contributed by atoms with Gasteiger partial charge in [0, 0.05) is 17.8 Å². The number of nitrogens with one attached hydrogen (secondary N) is 2. The first-order chi connectivity index (χ1) is 9.38. The third kappa shape index (κ3) is 3.09. The summed E-state index contributed by atoms with van der Waals surface area (Å²) in [6, 6.07) is 7.43. The Labute approximate surface area is 113 Å². The van der Waals surface area contributed by atoms with E-state index < -0.39 is 26.6 Å². The van der Waals surface area contributed by atoms with Crippen LogP contribution >= 0.6 is 0 Å². The first-order valence-electron chi connectivity index (χ1n) is 5.42. The minimum absolute atomic E-state index is 0.0276. The molecular weight excluding hydrogens is 287 g/mol. The molecule has 20 heavy (non-hydrogen) atoms. The van der Waals surface area contributed by atoms with E-state index in [9.17, 15) is 21.9 Å². The molecule has 0 aliphatic carbocycles. The number of rotatable bonds is 3. The maximum atomic E-state index is 13.1. The molecule has 0 radical (unpaired) electrons. The Kier molecular flexibility index (Phi) is 3.66. The van der Waals surface area contributed by atoms with Crippen LogP contribution in [0.1, 0.15) is 10.4 Å². The summed E-state index contributed by atoms with van der Waals surface area (Å²) in [7, 11) is -4.95. The van der Waals surface area contributed by atoms with Crippen molar-refractivity contribution >= 4 is 21.8 Å². The van der Waals surface area contributed by atoms with Gasteiger partial charge in [-0.1, -0.05) is 12.1 Å². The molecule has 0 fully saturated rings. The maximum Gasteiger partial charge on any atom is 0.334 e. The minimum atomic E-state index is -4.95. The number of halogens is 1. The molecule has 0 spiro atoms. The Morgan fingerprint density at radius 3 is 2.55 bits per heavy atom. The van der Waals surface area contributed by atoms with Crippen molar-refractivity contribution in [1.82, 2.24) is 4.98 Å². The normalized spacial score (nSPS) is 11.1. The van der Waals surface area contributed by atoms with E-state index in [-0.39, 0.29) is 11.3 Å². The Balaban J connectivity index is 2.36. The number of anilines is 1. The third-order valence-corrected chi connectivity index (χ3v) is 3.32. The zero-order chi connectivity index (χ0) is 14.8. The van der Waals surface area contributed by atoms with Gasteiger partial charge in [-0.25, -0.2) is 0 Å². The first-order valence-corrected chi connectivity index (χ1v) is 6.80. The fourth-order valence-corrected chi connectivity index (χ4v) is 2.19. The molecule has 1 aromatic heterocycles. The van der Waals surface area contributed by atoms with Gasteiger partial charge in [0.05, 0.1) is 5.69 Å². The van der Waals surface area contributed by atoms with Gasteiger partial charge in [-0.3, -0.25) is 9.59 Å². The smallest absolute Gasteiger partial charge is 0.329 e. The molecule has 1 heterocycles. The lowest BCUT2D eigenvalue weighted by Gasteiger charge is -2.07. The second kappa shape index (κ2) is 5.25. The van der Waals surface area contributed by atoms with Crippen molar-refractivity contribution in [1.29, 1.82) is 0 Å². The van der Waals surface area contributed by atoms with Gasteiger partial charge in [-0.15, -0.1) is 3.89 Å². The Hall–Kier alpha value is -2.48. The van der Waals surface area contributed by atoms with Crippen LogP contribution in [-0.2, 0) is 10.2 Å². The average molecular weight is 296 g/mol. The van der Waals surface area contributed by atoms with Gasteiger partial charge in [0.1, 0.15) is 4.90 Å². The van der Waals surface area contributed by atoms with Crippen molar-refractivity contribution in [2.75, 3.05) is 5.32 Å². The molecule has 0 saturated heterocycles. The Morgan fingerprint density at radius 1 is 1.20 bits per heavy atom. The molecule has 0 bridgehead atoms. The fourth-order valence-electron chi connectivity index (χ4n) is 1.56. The van der Waals surface area contributed by atoms with E-state index in [4.69, 9.17) is 0 Å². The van der Waals surface area contributed by atoms with Crippen LogP contribution < -0.4 is 10.9 Å². The van der Waals surface area contributed by atoms with Crippen molar-refractivity contribution in [3.63, 3.8) is 0 Å². The van der Waals surface area contributed by atoms with Crippen molar-refractivity contribution in [2.45, 2.75) is 4.90 Å². The van der Waals surface area contributed by atoms with E-state index in [1.165, 1.54) is 30.5 Å². The number of amides is 1. The largest absolute Gasteiger partial charge is 0.334 e. The molecule has 0 unspecified atom stereocenters. The molecule has 8 heteroatoms. The topological polar surface area (TPSA) is 96.1 Å². The molecular formula is C12H9FN2O4S. The minimum Gasteiger partial charge on any atom is -0.329 e. The van der Waals surface area contributed by atoms with E-state index in [0.717, 1.165) is 12.1 Å². The number of aromatic nitrogens is 1. The van der Waals surface area contributed by atoms with Gasteiger partial charge in [0.25, 0.3) is 5.91 Å². The van der Waals surface area contributed by atoms with E-state index >= 15 is 0 Å². The summed E-state index contributed by atoms with van der Waals surface area (Å²) in [5.41, 5.74) is -0.649. The summed E-state index contributed by atoms with van der Waals surface area (Å²) in [5.74, 6) is -0.716. The number of benzene rings is 1. The molecule has 1 aromatic carbocycles. The van der Waals surface area contributed by atoms with Gasteiger partial charge in [-0.2, -0.15) is 8.42 Å². The number of para-hydroxylation sites is 1. The molecule has 104 valence electrons. The lowest BCUT2D eigenvalue weighted by Crippen LogP contribution is -2.16. The predicted molar refractivity (Wildman–Crippen MR) is 69.8 cm³/mol. The zero-order valence-electron chi connectivity index (χ0n) is 9.96. The summed E-state index contributed by atoms with van der Waals surface area (Å²) >= 11 is 0. The number of hydrogen-bond acceptors (Lipinski definition) is 4. The first kappa shape index (κ1) is 13.9. The highest BCUT2D eigenvalue weighted by Gasteiger charge is 2.18. The second-order valence-electron chi connectivity index (χ2n) is 3.83. The van der Waals surface area contributed by atoms with Crippen LogP contribution in [-0.4, -0.2) is 19.3 Å². The third-order valence-electron chi connectivity index (χ3n) is 2.44.